The van der Waals surface area contributed by atoms with E-state index in [1.165, 1.54) is 0 Å². The molecule has 0 fully saturated rings. The van der Waals surface area contributed by atoms with Crippen molar-refractivity contribution in [1.82, 2.24) is 10.2 Å². The first-order valence-corrected chi connectivity index (χ1v) is 6.97. The number of alkyl halides is 2. The third kappa shape index (κ3) is 3.48. The van der Waals surface area contributed by atoms with Crippen LogP contribution in [0, 0.1) is 0 Å². The van der Waals surface area contributed by atoms with E-state index in [4.69, 9.17) is 0 Å². The predicted molar refractivity (Wildman–Crippen MR) is 79.1 cm³/mol. The minimum Gasteiger partial charge on any atom is -0.350 e. The normalized spacial score (nSPS) is 22.7. The van der Waals surface area contributed by atoms with Gasteiger partial charge >= 0.3 is 0 Å². The first kappa shape index (κ1) is 16.4. The van der Waals surface area contributed by atoms with Gasteiger partial charge in [0.05, 0.1) is 5.70 Å². The Morgan fingerprint density at radius 1 is 1.58 bits per heavy atom. The lowest BCUT2D eigenvalue weighted by atomic mass is 9.97. The molecule has 0 spiro atoms. The van der Waals surface area contributed by atoms with Crippen molar-refractivity contribution < 1.29 is 8.78 Å². The van der Waals surface area contributed by atoms with E-state index in [9.17, 15) is 8.78 Å². The summed E-state index contributed by atoms with van der Waals surface area (Å²) >= 11 is 4.26. The standard InChI is InChI=1S/C13H23F2N3S/c1-5-17-9-12(2,16-3)18(4)11-10(19)7-6-8-13(11,14)15/h9,16,19H,5-8H2,1-4H3/b17-9-. The van der Waals surface area contributed by atoms with E-state index in [1.807, 2.05) is 13.8 Å². The number of nitrogens with zero attached hydrogens (tertiary/aromatic N) is 2. The van der Waals surface area contributed by atoms with Gasteiger partial charge in [-0.1, -0.05) is 0 Å². The van der Waals surface area contributed by atoms with E-state index in [0.717, 1.165) is 0 Å². The molecule has 0 bridgehead atoms. The first-order chi connectivity index (χ1) is 8.78. The third-order valence-corrected chi connectivity index (χ3v) is 4.02. The largest absolute Gasteiger partial charge is 0.350 e. The van der Waals surface area contributed by atoms with Crippen LogP contribution in [0.15, 0.2) is 15.6 Å². The van der Waals surface area contributed by atoms with Gasteiger partial charge in [-0.05, 0) is 33.7 Å². The maximum absolute atomic E-state index is 14.1. The van der Waals surface area contributed by atoms with Crippen molar-refractivity contribution in [2.24, 2.45) is 4.99 Å². The Labute approximate surface area is 119 Å². The minimum absolute atomic E-state index is 0.00138. The van der Waals surface area contributed by atoms with Gasteiger partial charge < -0.3 is 4.90 Å². The number of nitrogens with one attached hydrogen (secondary N) is 1. The second-order valence-corrected chi connectivity index (χ2v) is 5.48. The van der Waals surface area contributed by atoms with Crippen LogP contribution in [-0.4, -0.2) is 43.3 Å². The quantitative estimate of drug-likeness (QED) is 0.463. The van der Waals surface area contributed by atoms with Crippen molar-refractivity contribution in [3.05, 3.63) is 10.6 Å². The lowest BCUT2D eigenvalue weighted by Gasteiger charge is -2.43. The lowest BCUT2D eigenvalue weighted by molar-refractivity contribution is -0.0140. The van der Waals surface area contributed by atoms with Gasteiger partial charge in [0.15, 0.2) is 0 Å². The second-order valence-electron chi connectivity index (χ2n) is 4.94. The Balaban J connectivity index is 3.15. The molecule has 0 aliphatic heterocycles. The zero-order valence-electron chi connectivity index (χ0n) is 12.0. The molecular weight excluding hydrogens is 268 g/mol. The highest BCUT2D eigenvalue weighted by Crippen LogP contribution is 2.42. The number of hydrogen-bond donors (Lipinski definition) is 2. The molecule has 0 aromatic rings. The van der Waals surface area contributed by atoms with Gasteiger partial charge in [-0.2, -0.15) is 8.78 Å². The summed E-state index contributed by atoms with van der Waals surface area (Å²) in [5.74, 6) is -2.83. The third-order valence-electron chi connectivity index (χ3n) is 3.59. The minimum atomic E-state index is -2.83. The Hall–Kier alpha value is -0.620. The van der Waals surface area contributed by atoms with E-state index in [1.54, 1.807) is 25.2 Å². The smallest absolute Gasteiger partial charge is 0.288 e. The van der Waals surface area contributed by atoms with Crippen molar-refractivity contribution in [2.75, 3.05) is 20.6 Å². The molecular formula is C13H23F2N3S. The molecule has 110 valence electrons. The van der Waals surface area contributed by atoms with Crippen LogP contribution in [0.3, 0.4) is 0 Å². The monoisotopic (exact) mass is 291 g/mol. The molecule has 1 N–H and O–H groups in total. The van der Waals surface area contributed by atoms with Gasteiger partial charge in [0.2, 0.25) is 0 Å². The molecule has 1 rings (SSSR count). The van der Waals surface area contributed by atoms with E-state index in [-0.39, 0.29) is 12.1 Å². The van der Waals surface area contributed by atoms with Crippen molar-refractivity contribution in [3.8, 4) is 0 Å². The Kier molecular flexibility index (Phi) is 5.38. The highest BCUT2D eigenvalue weighted by molar-refractivity contribution is 7.84. The number of halogens is 2. The number of hydrogen-bond acceptors (Lipinski definition) is 4. The zero-order valence-corrected chi connectivity index (χ0v) is 12.9. The van der Waals surface area contributed by atoms with Crippen LogP contribution in [-0.2, 0) is 0 Å². The summed E-state index contributed by atoms with van der Waals surface area (Å²) in [5.41, 5.74) is -0.749. The summed E-state index contributed by atoms with van der Waals surface area (Å²) < 4.78 is 28.3. The zero-order chi connectivity index (χ0) is 14.7. The molecule has 1 atom stereocenters. The molecule has 19 heavy (non-hydrogen) atoms. The van der Waals surface area contributed by atoms with E-state index >= 15 is 0 Å². The molecule has 0 radical (unpaired) electrons. The fraction of sp³-hybridized carbons (Fsp3) is 0.769. The van der Waals surface area contributed by atoms with Gasteiger partial charge in [-0.25, -0.2) is 0 Å². The molecule has 1 aliphatic rings. The van der Waals surface area contributed by atoms with Crippen molar-refractivity contribution in [1.29, 1.82) is 0 Å². The van der Waals surface area contributed by atoms with Gasteiger partial charge in [-0.3, -0.25) is 10.3 Å². The Morgan fingerprint density at radius 3 is 2.68 bits per heavy atom. The molecule has 0 saturated carbocycles. The van der Waals surface area contributed by atoms with Gasteiger partial charge in [0.1, 0.15) is 5.66 Å². The Morgan fingerprint density at radius 2 is 2.21 bits per heavy atom. The van der Waals surface area contributed by atoms with Crippen molar-refractivity contribution >= 4 is 18.8 Å². The highest BCUT2D eigenvalue weighted by atomic mass is 32.1. The van der Waals surface area contributed by atoms with Gasteiger partial charge in [0.25, 0.3) is 5.92 Å². The van der Waals surface area contributed by atoms with E-state index in [0.29, 0.717) is 24.3 Å². The fourth-order valence-electron chi connectivity index (χ4n) is 2.18. The predicted octanol–water partition coefficient (Wildman–Crippen LogP) is 2.91. The molecule has 0 heterocycles. The van der Waals surface area contributed by atoms with Crippen LogP contribution in [0.1, 0.15) is 33.1 Å². The molecule has 3 nitrogen and oxygen atoms in total. The molecule has 0 amide bonds. The van der Waals surface area contributed by atoms with Crippen LogP contribution in [0.4, 0.5) is 8.78 Å². The second kappa shape index (κ2) is 6.22. The topological polar surface area (TPSA) is 27.6 Å². The van der Waals surface area contributed by atoms with Crippen LogP contribution >= 0.6 is 12.6 Å². The highest BCUT2D eigenvalue weighted by Gasteiger charge is 2.44. The number of rotatable bonds is 5. The molecule has 6 heteroatoms. The summed E-state index contributed by atoms with van der Waals surface area (Å²) in [4.78, 5) is 6.19. The number of allylic oxidation sites excluding steroid dienone is 2. The first-order valence-electron chi connectivity index (χ1n) is 6.52. The maximum atomic E-state index is 14.1. The summed E-state index contributed by atoms with van der Waals surface area (Å²) in [5, 5.41) is 3.04. The molecule has 0 aromatic heterocycles. The average Bonchev–Trinajstić information content (AvgIpc) is 2.34. The molecule has 1 aliphatic carbocycles. The average molecular weight is 291 g/mol. The molecule has 0 saturated heterocycles. The maximum Gasteiger partial charge on any atom is 0.288 e. The summed E-state index contributed by atoms with van der Waals surface area (Å²) in [6, 6.07) is 0. The molecule has 0 aromatic carbocycles. The van der Waals surface area contributed by atoms with Crippen LogP contribution in [0.25, 0.3) is 0 Å². The van der Waals surface area contributed by atoms with Gasteiger partial charge in [-0.15, -0.1) is 12.6 Å². The Bertz CT molecular complexity index is 382. The van der Waals surface area contributed by atoms with Crippen LogP contribution in [0.5, 0.6) is 0 Å². The summed E-state index contributed by atoms with van der Waals surface area (Å²) in [7, 11) is 3.39. The number of aliphatic imine (C=N–C) groups is 1. The van der Waals surface area contributed by atoms with Gasteiger partial charge in [0, 0.05) is 31.1 Å². The van der Waals surface area contributed by atoms with E-state index < -0.39 is 11.6 Å². The summed E-state index contributed by atoms with van der Waals surface area (Å²) in [6.07, 6.45) is 2.62. The number of thiol groups is 1. The molecule has 1 unspecified atom stereocenters. The van der Waals surface area contributed by atoms with Crippen molar-refractivity contribution in [3.63, 3.8) is 0 Å². The van der Waals surface area contributed by atoms with Crippen LogP contribution < -0.4 is 5.32 Å². The lowest BCUT2D eigenvalue weighted by Crippen LogP contribution is -2.57. The SMILES string of the molecule is CC/N=C\C(C)(NC)N(C)C1=C(S)CCCC1(F)F. The fourth-order valence-corrected chi connectivity index (χ4v) is 2.66. The van der Waals surface area contributed by atoms with Crippen molar-refractivity contribution in [2.45, 2.75) is 44.7 Å². The van der Waals surface area contributed by atoms with Crippen LogP contribution in [0.2, 0.25) is 0 Å². The summed E-state index contributed by atoms with van der Waals surface area (Å²) in [6.45, 7) is 4.35. The van der Waals surface area contributed by atoms with E-state index in [2.05, 4.69) is 22.9 Å².